The highest BCUT2D eigenvalue weighted by Gasteiger charge is 2.30. The Kier molecular flexibility index (Phi) is 8.84. The van der Waals surface area contributed by atoms with Crippen molar-refractivity contribution in [1.82, 2.24) is 24.4 Å². The van der Waals surface area contributed by atoms with E-state index in [1.807, 2.05) is 23.4 Å². The van der Waals surface area contributed by atoms with Gasteiger partial charge in [-0.2, -0.15) is 9.97 Å². The Labute approximate surface area is 232 Å². The molecule has 2 fully saturated rings. The summed E-state index contributed by atoms with van der Waals surface area (Å²) in [5, 5.41) is 3.57. The summed E-state index contributed by atoms with van der Waals surface area (Å²) < 4.78 is 7.57. The third-order valence-electron chi connectivity index (χ3n) is 8.37. The van der Waals surface area contributed by atoms with E-state index < -0.39 is 0 Å². The molecular formula is C30H43N7O2. The summed E-state index contributed by atoms with van der Waals surface area (Å²) in [6, 6.07) is 8.61. The number of carbonyl (C=O) groups is 1. The van der Waals surface area contributed by atoms with Gasteiger partial charge in [-0.05, 0) is 63.6 Å². The fourth-order valence-electron chi connectivity index (χ4n) is 6.07. The Bertz CT molecular complexity index is 1230. The Morgan fingerprint density at radius 2 is 1.82 bits per heavy atom. The number of piperidine rings is 1. The number of hydrogen-bond acceptors (Lipinski definition) is 7. The number of amides is 1. The monoisotopic (exact) mass is 533 g/mol. The van der Waals surface area contributed by atoms with Crippen molar-refractivity contribution in [3.63, 3.8) is 0 Å². The van der Waals surface area contributed by atoms with Gasteiger partial charge in [0.1, 0.15) is 5.75 Å². The zero-order chi connectivity index (χ0) is 27.2. The van der Waals surface area contributed by atoms with Crippen molar-refractivity contribution in [1.29, 1.82) is 0 Å². The van der Waals surface area contributed by atoms with E-state index >= 15 is 0 Å². The molecule has 2 aliphatic rings. The van der Waals surface area contributed by atoms with Crippen molar-refractivity contribution >= 4 is 28.8 Å². The number of ether oxygens (including phenoxy) is 1. The number of methoxy groups -OCH3 is 1. The molecule has 3 heterocycles. The van der Waals surface area contributed by atoms with Crippen LogP contribution >= 0.6 is 0 Å². The van der Waals surface area contributed by atoms with E-state index in [4.69, 9.17) is 19.7 Å². The van der Waals surface area contributed by atoms with Crippen LogP contribution in [-0.2, 0) is 11.2 Å². The molecule has 2 aromatic heterocycles. The normalized spacial score (nSPS) is 18.3. The van der Waals surface area contributed by atoms with Crippen LogP contribution in [0.4, 0.5) is 11.8 Å². The summed E-state index contributed by atoms with van der Waals surface area (Å²) in [6.07, 6.45) is 10.8. The predicted octanol–water partition coefficient (Wildman–Crippen LogP) is 5.08. The first-order chi connectivity index (χ1) is 19.1. The molecule has 1 unspecified atom stereocenters. The van der Waals surface area contributed by atoms with E-state index in [-0.39, 0.29) is 11.8 Å². The van der Waals surface area contributed by atoms with Gasteiger partial charge in [-0.25, -0.2) is 4.98 Å². The molecule has 1 aromatic carbocycles. The molecule has 210 valence electrons. The number of nitrogens with zero attached hydrogens (tertiary/aromatic N) is 6. The van der Waals surface area contributed by atoms with Crippen LogP contribution in [0.15, 0.2) is 30.6 Å². The summed E-state index contributed by atoms with van der Waals surface area (Å²) >= 11 is 0. The van der Waals surface area contributed by atoms with Gasteiger partial charge in [0.15, 0.2) is 17.0 Å². The minimum Gasteiger partial charge on any atom is -0.497 e. The third-order valence-corrected chi connectivity index (χ3v) is 8.37. The standard InChI is InChI=1S/C30H43N7O2/c1-4-35(5-2)29(38)23-10-9-19-36(20-23)30-33-27(31-18-17-22-13-15-25(39-3)16-14-22)26-28(34-30)37(21-32-26)24-11-7-6-8-12-24/h13-16,21,23-24H,4-12,17-20H2,1-3H3,(H,31,33,34). The molecule has 1 aliphatic heterocycles. The highest BCUT2D eigenvalue weighted by molar-refractivity contribution is 5.85. The first-order valence-corrected chi connectivity index (χ1v) is 14.8. The second kappa shape index (κ2) is 12.7. The Morgan fingerprint density at radius 1 is 1.05 bits per heavy atom. The highest BCUT2D eigenvalue weighted by Crippen LogP contribution is 2.33. The zero-order valence-electron chi connectivity index (χ0n) is 23.7. The van der Waals surface area contributed by atoms with E-state index in [0.717, 1.165) is 81.0 Å². The molecule has 9 nitrogen and oxygen atoms in total. The van der Waals surface area contributed by atoms with E-state index in [1.54, 1.807) is 7.11 Å². The van der Waals surface area contributed by atoms with Gasteiger partial charge in [-0.15, -0.1) is 0 Å². The van der Waals surface area contributed by atoms with Crippen LogP contribution in [0.2, 0.25) is 0 Å². The van der Waals surface area contributed by atoms with Crippen molar-refractivity contribution < 1.29 is 9.53 Å². The number of anilines is 2. The van der Waals surface area contributed by atoms with Crippen LogP contribution < -0.4 is 15.0 Å². The highest BCUT2D eigenvalue weighted by atomic mass is 16.5. The molecule has 5 rings (SSSR count). The summed E-state index contributed by atoms with van der Waals surface area (Å²) in [4.78, 5) is 32.2. The lowest BCUT2D eigenvalue weighted by atomic mass is 9.95. The van der Waals surface area contributed by atoms with Crippen molar-refractivity contribution in [3.05, 3.63) is 36.2 Å². The number of imidazole rings is 1. The summed E-state index contributed by atoms with van der Waals surface area (Å²) in [7, 11) is 1.69. The summed E-state index contributed by atoms with van der Waals surface area (Å²) in [5.74, 6) is 2.56. The topological polar surface area (TPSA) is 88.4 Å². The molecule has 0 radical (unpaired) electrons. The lowest BCUT2D eigenvalue weighted by Gasteiger charge is -2.34. The number of fused-ring (bicyclic) bond motifs is 1. The second-order valence-electron chi connectivity index (χ2n) is 10.8. The van der Waals surface area contributed by atoms with Crippen LogP contribution in [0.25, 0.3) is 11.2 Å². The predicted molar refractivity (Wildman–Crippen MR) is 155 cm³/mol. The maximum absolute atomic E-state index is 13.2. The molecule has 1 saturated carbocycles. The molecule has 0 bridgehead atoms. The maximum atomic E-state index is 13.2. The Morgan fingerprint density at radius 3 is 2.54 bits per heavy atom. The smallest absolute Gasteiger partial charge is 0.229 e. The number of nitrogens with one attached hydrogen (secondary N) is 1. The lowest BCUT2D eigenvalue weighted by Crippen LogP contribution is -2.45. The molecule has 9 heteroatoms. The molecule has 1 amide bonds. The van der Waals surface area contributed by atoms with Gasteiger partial charge in [0.2, 0.25) is 11.9 Å². The second-order valence-corrected chi connectivity index (χ2v) is 10.8. The first-order valence-electron chi connectivity index (χ1n) is 14.8. The van der Waals surface area contributed by atoms with Gasteiger partial charge >= 0.3 is 0 Å². The van der Waals surface area contributed by atoms with Crippen molar-refractivity contribution in [2.24, 2.45) is 5.92 Å². The maximum Gasteiger partial charge on any atom is 0.229 e. The quantitative estimate of drug-likeness (QED) is 0.389. The first kappa shape index (κ1) is 27.2. The summed E-state index contributed by atoms with van der Waals surface area (Å²) in [5.41, 5.74) is 2.96. The molecule has 39 heavy (non-hydrogen) atoms. The van der Waals surface area contributed by atoms with Crippen LogP contribution in [0.3, 0.4) is 0 Å². The van der Waals surface area contributed by atoms with Gasteiger partial charge in [-0.1, -0.05) is 31.4 Å². The number of hydrogen-bond donors (Lipinski definition) is 1. The number of carbonyl (C=O) groups excluding carboxylic acids is 1. The minimum absolute atomic E-state index is 0.0207. The molecule has 1 N–H and O–H groups in total. The number of benzene rings is 1. The van der Waals surface area contributed by atoms with Gasteiger partial charge in [-0.3, -0.25) is 4.79 Å². The lowest BCUT2D eigenvalue weighted by molar-refractivity contribution is -0.135. The molecule has 1 atom stereocenters. The Balaban J connectivity index is 1.41. The van der Waals surface area contributed by atoms with E-state index in [0.29, 0.717) is 18.5 Å². The van der Waals surface area contributed by atoms with E-state index in [2.05, 4.69) is 40.8 Å². The van der Waals surface area contributed by atoms with Crippen LogP contribution in [-0.4, -0.2) is 70.2 Å². The fraction of sp³-hybridized carbons (Fsp3) is 0.600. The summed E-state index contributed by atoms with van der Waals surface area (Å²) in [6.45, 7) is 7.84. The largest absolute Gasteiger partial charge is 0.497 e. The van der Waals surface area contributed by atoms with Gasteiger partial charge in [0.05, 0.1) is 19.4 Å². The van der Waals surface area contributed by atoms with Crippen LogP contribution in [0, 0.1) is 5.92 Å². The zero-order valence-corrected chi connectivity index (χ0v) is 23.7. The van der Waals surface area contributed by atoms with Crippen molar-refractivity contribution in [3.8, 4) is 5.75 Å². The van der Waals surface area contributed by atoms with Crippen molar-refractivity contribution in [2.45, 2.75) is 71.3 Å². The SMILES string of the molecule is CCN(CC)C(=O)C1CCCN(c2nc(NCCc3ccc(OC)cc3)c3ncn(C4CCCCC4)c3n2)C1. The number of aromatic nitrogens is 4. The number of rotatable bonds is 10. The van der Waals surface area contributed by atoms with E-state index in [9.17, 15) is 4.79 Å². The average molecular weight is 534 g/mol. The fourth-order valence-corrected chi connectivity index (χ4v) is 6.07. The van der Waals surface area contributed by atoms with Gasteiger partial charge < -0.3 is 24.4 Å². The average Bonchev–Trinajstić information content (AvgIpc) is 3.43. The van der Waals surface area contributed by atoms with Crippen LogP contribution in [0.1, 0.15) is 70.4 Å². The molecule has 1 saturated heterocycles. The third kappa shape index (κ3) is 6.12. The Hall–Kier alpha value is -3.36. The molecule has 0 spiro atoms. The van der Waals surface area contributed by atoms with E-state index in [1.165, 1.54) is 24.8 Å². The molecular weight excluding hydrogens is 490 g/mol. The van der Waals surface area contributed by atoms with Gasteiger partial charge in [0.25, 0.3) is 0 Å². The van der Waals surface area contributed by atoms with Crippen molar-refractivity contribution in [2.75, 3.05) is 50.1 Å². The molecule has 1 aliphatic carbocycles. The minimum atomic E-state index is -0.0207. The van der Waals surface area contributed by atoms with Gasteiger partial charge in [0, 0.05) is 38.8 Å². The van der Waals surface area contributed by atoms with Crippen LogP contribution in [0.5, 0.6) is 5.75 Å². The molecule has 3 aromatic rings.